The van der Waals surface area contributed by atoms with Crippen molar-refractivity contribution in [1.82, 2.24) is 15.0 Å². The normalized spacial score (nSPS) is 16.7. The third-order valence-corrected chi connectivity index (χ3v) is 5.22. The molecule has 0 bridgehead atoms. The number of likely N-dealkylation sites (tertiary alicyclic amines) is 1. The number of benzene rings is 2. The molecular weight excluding hydrogens is 371 g/mol. The molecule has 1 saturated heterocycles. The van der Waals surface area contributed by atoms with Gasteiger partial charge in [-0.1, -0.05) is 22.9 Å². The summed E-state index contributed by atoms with van der Waals surface area (Å²) in [5.74, 6) is 0.471. The second-order valence-electron chi connectivity index (χ2n) is 7.42. The van der Waals surface area contributed by atoms with Crippen LogP contribution in [0.5, 0.6) is 0 Å². The zero-order chi connectivity index (χ0) is 20.4. The molecule has 4 rings (SSSR count). The van der Waals surface area contributed by atoms with E-state index >= 15 is 0 Å². The van der Waals surface area contributed by atoms with Crippen molar-refractivity contribution in [2.75, 3.05) is 11.9 Å². The molecule has 1 aromatic heterocycles. The van der Waals surface area contributed by atoms with E-state index in [0.717, 1.165) is 36.1 Å². The van der Waals surface area contributed by atoms with Crippen LogP contribution in [-0.4, -0.2) is 27.6 Å². The molecule has 1 fully saturated rings. The number of nitrogens with zero attached hydrogens (tertiary/aromatic N) is 3. The highest BCUT2D eigenvalue weighted by atomic mass is 19.1. The lowest BCUT2D eigenvalue weighted by molar-refractivity contribution is 0.142. The molecule has 3 aromatic rings. The Kier molecular flexibility index (Phi) is 5.29. The summed E-state index contributed by atoms with van der Waals surface area (Å²) in [6.07, 6.45) is 2.66. The number of hydrogen-bond acceptors (Lipinski definition) is 4. The third-order valence-electron chi connectivity index (χ3n) is 5.22. The van der Waals surface area contributed by atoms with Crippen molar-refractivity contribution in [3.05, 3.63) is 65.3 Å². The molecule has 2 amide bonds. The predicted octanol–water partition coefficient (Wildman–Crippen LogP) is 5.25. The van der Waals surface area contributed by atoms with Crippen LogP contribution in [0.4, 0.5) is 14.9 Å². The number of anilines is 1. The van der Waals surface area contributed by atoms with Gasteiger partial charge in [0, 0.05) is 17.8 Å². The molecule has 0 radical (unpaired) electrons. The standard InChI is InChI=1S/C22H23FN4O2/c1-14-6-11-18(15(2)13-14)24-22(28)27-12-4-3-5-19(27)21-25-20(26-29-21)16-7-9-17(23)10-8-16/h6-11,13,19H,3-5,12H2,1-2H3,(H,24,28). The summed E-state index contributed by atoms with van der Waals surface area (Å²) in [7, 11) is 0. The predicted molar refractivity (Wildman–Crippen MR) is 108 cm³/mol. The zero-order valence-corrected chi connectivity index (χ0v) is 16.5. The molecule has 6 nitrogen and oxygen atoms in total. The average molecular weight is 394 g/mol. The Morgan fingerprint density at radius 2 is 1.97 bits per heavy atom. The summed E-state index contributed by atoms with van der Waals surface area (Å²) >= 11 is 0. The first kappa shape index (κ1) is 19.1. The SMILES string of the molecule is Cc1ccc(NC(=O)N2CCCCC2c2nc(-c3ccc(F)cc3)no2)c(C)c1. The Bertz CT molecular complexity index is 1020. The highest BCUT2D eigenvalue weighted by molar-refractivity contribution is 5.90. The summed E-state index contributed by atoms with van der Waals surface area (Å²) in [5, 5.41) is 7.03. The van der Waals surface area contributed by atoms with E-state index in [9.17, 15) is 9.18 Å². The molecule has 1 N–H and O–H groups in total. The summed E-state index contributed by atoms with van der Waals surface area (Å²) in [4.78, 5) is 19.2. The van der Waals surface area contributed by atoms with E-state index < -0.39 is 0 Å². The molecule has 29 heavy (non-hydrogen) atoms. The van der Waals surface area contributed by atoms with E-state index in [1.807, 2.05) is 32.0 Å². The van der Waals surface area contributed by atoms with Crippen molar-refractivity contribution < 1.29 is 13.7 Å². The number of urea groups is 1. The molecule has 1 aliphatic heterocycles. The Morgan fingerprint density at radius 3 is 2.72 bits per heavy atom. The molecule has 1 aliphatic rings. The first-order valence-corrected chi connectivity index (χ1v) is 9.75. The topological polar surface area (TPSA) is 71.3 Å². The van der Waals surface area contributed by atoms with Gasteiger partial charge >= 0.3 is 6.03 Å². The van der Waals surface area contributed by atoms with Gasteiger partial charge in [0.2, 0.25) is 11.7 Å². The zero-order valence-electron chi connectivity index (χ0n) is 16.5. The minimum atomic E-state index is -0.320. The number of amides is 2. The van der Waals surface area contributed by atoms with E-state index in [4.69, 9.17) is 4.52 Å². The number of rotatable bonds is 3. The minimum absolute atomic E-state index is 0.178. The van der Waals surface area contributed by atoms with Crippen LogP contribution in [0.25, 0.3) is 11.4 Å². The van der Waals surface area contributed by atoms with E-state index in [-0.39, 0.29) is 17.9 Å². The quantitative estimate of drug-likeness (QED) is 0.658. The average Bonchev–Trinajstić information content (AvgIpc) is 3.20. The van der Waals surface area contributed by atoms with Gasteiger partial charge < -0.3 is 14.7 Å². The molecule has 7 heteroatoms. The molecular formula is C22H23FN4O2. The lowest BCUT2D eigenvalue weighted by Gasteiger charge is -2.33. The number of carbonyl (C=O) groups is 1. The summed E-state index contributed by atoms with van der Waals surface area (Å²) in [6, 6.07) is 11.4. The van der Waals surface area contributed by atoms with Gasteiger partial charge in [0.15, 0.2) is 0 Å². The maximum Gasteiger partial charge on any atom is 0.322 e. The largest absolute Gasteiger partial charge is 0.337 e. The minimum Gasteiger partial charge on any atom is -0.337 e. The molecule has 150 valence electrons. The van der Waals surface area contributed by atoms with Crippen molar-refractivity contribution >= 4 is 11.7 Å². The van der Waals surface area contributed by atoms with Gasteiger partial charge in [0.25, 0.3) is 0 Å². The molecule has 0 spiro atoms. The third kappa shape index (κ3) is 4.13. The van der Waals surface area contributed by atoms with Crippen LogP contribution in [0.15, 0.2) is 47.0 Å². The molecule has 2 aromatic carbocycles. The van der Waals surface area contributed by atoms with Gasteiger partial charge in [-0.2, -0.15) is 4.98 Å². The number of nitrogens with one attached hydrogen (secondary N) is 1. The van der Waals surface area contributed by atoms with Crippen LogP contribution < -0.4 is 5.32 Å². The van der Waals surface area contributed by atoms with Crippen LogP contribution in [0.1, 0.15) is 42.3 Å². The van der Waals surface area contributed by atoms with Crippen LogP contribution in [0.3, 0.4) is 0 Å². The maximum absolute atomic E-state index is 13.2. The summed E-state index contributed by atoms with van der Waals surface area (Å²) in [6.45, 7) is 4.62. The van der Waals surface area contributed by atoms with E-state index in [2.05, 4.69) is 15.5 Å². The van der Waals surface area contributed by atoms with Crippen LogP contribution in [0, 0.1) is 19.7 Å². The van der Waals surface area contributed by atoms with Crippen molar-refractivity contribution in [3.63, 3.8) is 0 Å². The van der Waals surface area contributed by atoms with Gasteiger partial charge in [0.1, 0.15) is 11.9 Å². The second-order valence-corrected chi connectivity index (χ2v) is 7.42. The van der Waals surface area contributed by atoms with Gasteiger partial charge in [-0.3, -0.25) is 0 Å². The van der Waals surface area contributed by atoms with Crippen molar-refractivity contribution in [1.29, 1.82) is 0 Å². The van der Waals surface area contributed by atoms with Gasteiger partial charge in [-0.15, -0.1) is 0 Å². The van der Waals surface area contributed by atoms with Crippen LogP contribution in [-0.2, 0) is 0 Å². The fourth-order valence-electron chi connectivity index (χ4n) is 3.66. The monoisotopic (exact) mass is 394 g/mol. The maximum atomic E-state index is 13.2. The first-order chi connectivity index (χ1) is 14.0. The van der Waals surface area contributed by atoms with E-state index in [0.29, 0.717) is 23.8 Å². The van der Waals surface area contributed by atoms with Crippen molar-refractivity contribution in [2.24, 2.45) is 0 Å². The molecule has 0 saturated carbocycles. The van der Waals surface area contributed by atoms with Crippen molar-refractivity contribution in [2.45, 2.75) is 39.2 Å². The smallest absolute Gasteiger partial charge is 0.322 e. The summed E-state index contributed by atoms with van der Waals surface area (Å²) < 4.78 is 18.6. The molecule has 0 aliphatic carbocycles. The number of piperidine rings is 1. The number of halogens is 1. The van der Waals surface area contributed by atoms with E-state index in [1.165, 1.54) is 12.1 Å². The van der Waals surface area contributed by atoms with Crippen LogP contribution in [0.2, 0.25) is 0 Å². The number of aromatic nitrogens is 2. The highest BCUT2D eigenvalue weighted by Crippen LogP contribution is 2.32. The van der Waals surface area contributed by atoms with Crippen LogP contribution >= 0.6 is 0 Å². The highest BCUT2D eigenvalue weighted by Gasteiger charge is 2.32. The molecule has 2 heterocycles. The van der Waals surface area contributed by atoms with Crippen molar-refractivity contribution in [3.8, 4) is 11.4 Å². The number of carbonyl (C=O) groups excluding carboxylic acids is 1. The lowest BCUT2D eigenvalue weighted by atomic mass is 10.0. The Morgan fingerprint density at radius 1 is 1.17 bits per heavy atom. The second kappa shape index (κ2) is 8.03. The Labute approximate surface area is 168 Å². The lowest BCUT2D eigenvalue weighted by Crippen LogP contribution is -2.41. The number of aryl methyl sites for hydroxylation is 2. The fourth-order valence-corrected chi connectivity index (χ4v) is 3.66. The van der Waals surface area contributed by atoms with Gasteiger partial charge in [-0.25, -0.2) is 9.18 Å². The first-order valence-electron chi connectivity index (χ1n) is 9.75. The molecule has 1 unspecified atom stereocenters. The molecule has 1 atom stereocenters. The van der Waals surface area contributed by atoms with Gasteiger partial charge in [0.05, 0.1) is 0 Å². The van der Waals surface area contributed by atoms with Gasteiger partial charge in [-0.05, 0) is 69.0 Å². The Balaban J connectivity index is 1.54. The Hall–Kier alpha value is -3.22. The fraction of sp³-hybridized carbons (Fsp3) is 0.318. The summed E-state index contributed by atoms with van der Waals surface area (Å²) in [5.41, 5.74) is 3.63. The van der Waals surface area contributed by atoms with E-state index in [1.54, 1.807) is 17.0 Å². The number of hydrogen-bond donors (Lipinski definition) is 1.